The van der Waals surface area contributed by atoms with Crippen molar-refractivity contribution in [3.8, 4) is 0 Å². The molecule has 0 bridgehead atoms. The van der Waals surface area contributed by atoms with E-state index in [-0.39, 0.29) is 68.9 Å². The Hall–Kier alpha value is -7.42. The van der Waals surface area contributed by atoms with Crippen molar-refractivity contribution in [3.63, 3.8) is 0 Å². The van der Waals surface area contributed by atoms with Gasteiger partial charge in [-0.1, -0.05) is 104 Å². The monoisotopic (exact) mass is 1410 g/mol. The Morgan fingerprint density at radius 2 is 1.21 bits per heavy atom. The third kappa shape index (κ3) is 19.8. The summed E-state index contributed by atoms with van der Waals surface area (Å²) in [5.41, 5.74) is -3.03. The number of aryl methyl sites for hydroxylation is 1. The molecule has 3 N–H and O–H groups in total. The summed E-state index contributed by atoms with van der Waals surface area (Å²) in [6, 6.07) is -6.52. The Morgan fingerprint density at radius 1 is 0.610 bits per heavy atom. The zero-order chi connectivity index (χ0) is 73.7. The third-order valence-corrected chi connectivity index (χ3v) is 22.1. The number of hydrogen-bond acceptors (Lipinski definition) is 12. The number of fused-ring (bicyclic) bond motifs is 1. The minimum Gasteiger partial charge on any atom is -0.343 e. The van der Waals surface area contributed by atoms with Crippen LogP contribution in [-0.2, 0) is 70.1 Å². The Morgan fingerprint density at radius 3 is 1.81 bits per heavy atom. The van der Waals surface area contributed by atoms with Crippen molar-refractivity contribution in [1.29, 1.82) is 0 Å². The zero-order valence-electron chi connectivity index (χ0n) is 60.7. The number of hydrogen-bond donors (Lipinski definition) is 3. The molecule has 3 aliphatic carbocycles. The number of benzene rings is 1. The molecule has 0 unspecified atom stereocenters. The number of alkyl halides is 3. The van der Waals surface area contributed by atoms with Crippen LogP contribution in [0.3, 0.4) is 0 Å². The standard InChI is InChI=1S/C72H110F4N12O12/c1-12-46(4)61-68(98)82(7)43-59(91)80(5)44-60(92)84(9)55(40-47-24-15-13-16-25-47)66(96)81(6)42-57(89)77-52(32-30-48-29-31-50(51(73)39-48)72(74,75)76)65(95)88-37-23-28-53(88)64(94)79-71(33-19-20-34-71)70(100)86(11)62(49-26-17-14-18-27-49)69(99)85(10)56(67(97)87-35-21-22-36-87)41-58(90)83(8)54(38-45(2)3)63(93)78-61/h29,31,39,45-47,49,52-56,61-62H,12-28,30,32-38,40-44H2,1-11H3,(H,77,89)(H,78,93)(H,79,94)/t46-,52-,53-,54-,55-,56-,61-,62-/m0/s1. The van der Waals surface area contributed by atoms with E-state index in [0.717, 1.165) is 72.1 Å². The molecule has 1 aromatic rings. The zero-order valence-corrected chi connectivity index (χ0v) is 60.7. The van der Waals surface area contributed by atoms with E-state index in [2.05, 4.69) is 16.0 Å². The summed E-state index contributed by atoms with van der Waals surface area (Å²) in [5.74, 6) is -10.6. The number of likely N-dealkylation sites (tertiary alicyclic amines) is 1. The van der Waals surface area contributed by atoms with E-state index >= 15 is 28.4 Å². The van der Waals surface area contributed by atoms with Gasteiger partial charge in [0.05, 0.1) is 31.6 Å². The van der Waals surface area contributed by atoms with Crippen LogP contribution in [0.5, 0.6) is 0 Å². The summed E-state index contributed by atoms with van der Waals surface area (Å²) >= 11 is 0. The smallest absolute Gasteiger partial charge is 0.343 e. The first-order valence-corrected chi connectivity index (χ1v) is 36.4. The maximum atomic E-state index is 15.7. The summed E-state index contributed by atoms with van der Waals surface area (Å²) < 4.78 is 56.2. The predicted molar refractivity (Wildman–Crippen MR) is 364 cm³/mol. The molecule has 3 saturated carbocycles. The van der Waals surface area contributed by atoms with Crippen molar-refractivity contribution in [2.45, 2.75) is 236 Å². The molecule has 100 heavy (non-hydrogen) atoms. The minimum atomic E-state index is -5.00. The molecule has 8 atom stereocenters. The molecule has 6 fully saturated rings. The van der Waals surface area contributed by atoms with Crippen LogP contribution in [0.25, 0.3) is 0 Å². The molecule has 0 radical (unpaired) electrons. The first-order chi connectivity index (χ1) is 47.2. The quantitative estimate of drug-likeness (QED) is 0.231. The number of rotatable bonds is 11. The van der Waals surface area contributed by atoms with Gasteiger partial charge in [0.1, 0.15) is 53.6 Å². The van der Waals surface area contributed by atoms with Gasteiger partial charge < -0.3 is 60.0 Å². The Labute approximate surface area is 587 Å². The first kappa shape index (κ1) is 79.9. The van der Waals surface area contributed by atoms with Crippen LogP contribution in [0.1, 0.15) is 187 Å². The lowest BCUT2D eigenvalue weighted by Crippen LogP contribution is -2.65. The molecule has 3 aliphatic heterocycles. The number of halogens is 4. The van der Waals surface area contributed by atoms with Crippen molar-refractivity contribution >= 4 is 70.9 Å². The van der Waals surface area contributed by atoms with Crippen molar-refractivity contribution in [2.24, 2.45) is 23.7 Å². The molecule has 7 rings (SSSR count). The fraction of sp³-hybridized carbons (Fsp3) is 0.750. The van der Waals surface area contributed by atoms with Crippen molar-refractivity contribution in [1.82, 2.24) is 60.0 Å². The molecule has 3 saturated heterocycles. The molecule has 1 aromatic carbocycles. The molecular weight excluding hydrogens is 1300 g/mol. The molecule has 12 amide bonds. The highest BCUT2D eigenvalue weighted by atomic mass is 19.4. The normalized spacial score (nSPS) is 26.8. The van der Waals surface area contributed by atoms with E-state index in [9.17, 15) is 46.7 Å². The summed E-state index contributed by atoms with van der Waals surface area (Å²) in [4.78, 5) is 190. The van der Waals surface area contributed by atoms with Crippen LogP contribution in [0.2, 0.25) is 0 Å². The van der Waals surface area contributed by atoms with E-state index in [0.29, 0.717) is 76.6 Å². The van der Waals surface area contributed by atoms with Crippen LogP contribution >= 0.6 is 0 Å². The summed E-state index contributed by atoms with van der Waals surface area (Å²) in [7, 11) is 9.91. The van der Waals surface area contributed by atoms with Gasteiger partial charge in [-0.2, -0.15) is 13.2 Å². The van der Waals surface area contributed by atoms with E-state index in [1.165, 1.54) is 73.8 Å². The number of carbonyl (C=O) groups is 12. The van der Waals surface area contributed by atoms with Gasteiger partial charge in [0.25, 0.3) is 0 Å². The van der Waals surface area contributed by atoms with Gasteiger partial charge in [-0.25, -0.2) is 4.39 Å². The van der Waals surface area contributed by atoms with Crippen LogP contribution in [-0.4, -0.2) is 251 Å². The van der Waals surface area contributed by atoms with E-state index in [4.69, 9.17) is 0 Å². The van der Waals surface area contributed by atoms with Crippen LogP contribution in [0, 0.1) is 29.5 Å². The second kappa shape index (κ2) is 35.5. The highest BCUT2D eigenvalue weighted by Crippen LogP contribution is 2.38. The summed E-state index contributed by atoms with van der Waals surface area (Å²) in [6.45, 7) is 6.32. The summed E-state index contributed by atoms with van der Waals surface area (Å²) in [5, 5.41) is 8.67. The Kier molecular flexibility index (Phi) is 28.3. The lowest BCUT2D eigenvalue weighted by Gasteiger charge is -2.43. The van der Waals surface area contributed by atoms with Crippen LogP contribution < -0.4 is 16.0 Å². The second-order valence-corrected chi connectivity index (χ2v) is 29.8. The lowest BCUT2D eigenvalue weighted by atomic mass is 9.81. The first-order valence-electron chi connectivity index (χ1n) is 36.4. The number of carbonyl (C=O) groups excluding carboxylic acids is 12. The molecule has 6 aliphatic rings. The number of amides is 12. The molecule has 1 spiro atoms. The van der Waals surface area contributed by atoms with Crippen molar-refractivity contribution in [3.05, 3.63) is 35.1 Å². The molecule has 0 aromatic heterocycles. The predicted octanol–water partition coefficient (Wildman–Crippen LogP) is 5.52. The largest absolute Gasteiger partial charge is 0.419 e. The molecule has 24 nitrogen and oxygen atoms in total. The Balaban J connectivity index is 1.28. The summed E-state index contributed by atoms with van der Waals surface area (Å²) in [6.07, 6.45) is 5.43. The third-order valence-electron chi connectivity index (χ3n) is 22.1. The van der Waals surface area contributed by atoms with Crippen LogP contribution in [0.4, 0.5) is 17.6 Å². The van der Waals surface area contributed by atoms with Gasteiger partial charge in [-0.15, -0.1) is 0 Å². The number of likely N-dealkylation sites (N-methyl/N-ethyl adjacent to an activating group) is 7. The van der Waals surface area contributed by atoms with Gasteiger partial charge >= 0.3 is 6.18 Å². The second-order valence-electron chi connectivity index (χ2n) is 29.8. The highest BCUT2D eigenvalue weighted by molar-refractivity contribution is 6.01. The molecular formula is C72H110F4N12O12. The molecule has 3 heterocycles. The fourth-order valence-corrected chi connectivity index (χ4v) is 15.7. The van der Waals surface area contributed by atoms with Crippen molar-refractivity contribution < 1.29 is 75.1 Å². The van der Waals surface area contributed by atoms with Gasteiger partial charge in [0.15, 0.2) is 0 Å². The topological polar surface area (TPSA) is 270 Å². The fourth-order valence-electron chi connectivity index (χ4n) is 15.7. The van der Waals surface area contributed by atoms with Crippen molar-refractivity contribution in [2.75, 3.05) is 88.6 Å². The van der Waals surface area contributed by atoms with Gasteiger partial charge in [0, 0.05) is 69.0 Å². The SMILES string of the molecule is CC[C@H](C)[C@@H]1NC(=O)[C@H](CC(C)C)N(C)C(=O)C[C@@H](C(=O)N2CCCC2)N(C)C(=O)[C@H](C2CCCCC2)N(C)C(=O)C2(CCCC2)NC(=O)[C@@H]2CCCN2C(=O)[C@H](CCc2ccc(C(F)(F)F)c(F)c2)NC(=O)CN(C)C(=O)[C@H](CC2CCCCC2)N(C)C(=O)CN(C)C(=O)CN(C)C1=O. The number of nitrogens with zero attached hydrogens (tertiary/aromatic N) is 9. The molecule has 558 valence electrons. The van der Waals surface area contributed by atoms with E-state index in [1.54, 1.807) is 11.8 Å². The lowest BCUT2D eigenvalue weighted by molar-refractivity contribution is -0.156. The average molecular weight is 1410 g/mol. The molecule has 28 heteroatoms. The number of nitrogens with one attached hydrogen (secondary N) is 3. The van der Waals surface area contributed by atoms with Gasteiger partial charge in [-0.05, 0) is 118 Å². The van der Waals surface area contributed by atoms with E-state index in [1.807, 2.05) is 20.8 Å². The average Bonchev–Trinajstić information content (AvgIpc) is 1.45. The van der Waals surface area contributed by atoms with Gasteiger partial charge in [0.2, 0.25) is 70.9 Å². The van der Waals surface area contributed by atoms with E-state index < -0.39 is 174 Å². The minimum absolute atomic E-state index is 0.000731. The van der Waals surface area contributed by atoms with Gasteiger partial charge in [-0.3, -0.25) is 57.5 Å². The maximum Gasteiger partial charge on any atom is 0.419 e. The highest BCUT2D eigenvalue weighted by Gasteiger charge is 2.52. The maximum absolute atomic E-state index is 15.7. The van der Waals surface area contributed by atoms with Crippen LogP contribution in [0.15, 0.2) is 18.2 Å². The Bertz CT molecular complexity index is 3110.